The number of hydrogen-bond acceptors (Lipinski definition) is 5. The number of urea groups is 1. The highest BCUT2D eigenvalue weighted by molar-refractivity contribution is 7.10. The van der Waals surface area contributed by atoms with Crippen LogP contribution in [0.5, 0.6) is 0 Å². The van der Waals surface area contributed by atoms with Gasteiger partial charge < -0.3 is 20.7 Å². The second-order valence-corrected chi connectivity index (χ2v) is 7.00. The van der Waals surface area contributed by atoms with E-state index in [1.165, 1.54) is 16.9 Å². The number of amides is 2. The van der Waals surface area contributed by atoms with Crippen molar-refractivity contribution in [3.05, 3.63) is 63.5 Å². The minimum Gasteiger partial charge on any atom is -0.463 e. The lowest BCUT2D eigenvalue weighted by Gasteiger charge is -2.29. The second-order valence-electron chi connectivity index (χ2n) is 6.02. The van der Waals surface area contributed by atoms with Gasteiger partial charge in [-0.2, -0.15) is 0 Å². The predicted octanol–water partition coefficient (Wildman–Crippen LogP) is 3.59. The normalized spacial score (nSPS) is 16.5. The average Bonchev–Trinajstić information content (AvgIpc) is 3.21. The van der Waals surface area contributed by atoms with Gasteiger partial charge in [0.05, 0.1) is 30.5 Å². The zero-order chi connectivity index (χ0) is 19.2. The van der Waals surface area contributed by atoms with Crippen LogP contribution >= 0.6 is 11.3 Å². The quantitative estimate of drug-likeness (QED) is 0.637. The van der Waals surface area contributed by atoms with Gasteiger partial charge in [0.1, 0.15) is 0 Å². The van der Waals surface area contributed by atoms with E-state index in [2.05, 4.69) is 28.9 Å². The van der Waals surface area contributed by atoms with Crippen LogP contribution in [0.2, 0.25) is 0 Å². The summed E-state index contributed by atoms with van der Waals surface area (Å²) >= 11 is 1.49. The van der Waals surface area contributed by atoms with Crippen molar-refractivity contribution in [2.24, 2.45) is 0 Å². The van der Waals surface area contributed by atoms with E-state index in [9.17, 15) is 9.59 Å². The molecule has 0 spiro atoms. The number of anilines is 1. The second kappa shape index (κ2) is 8.73. The van der Waals surface area contributed by atoms with Crippen LogP contribution in [0, 0.1) is 0 Å². The molecular weight excluding hydrogens is 362 g/mol. The van der Waals surface area contributed by atoms with E-state index in [0.717, 1.165) is 17.0 Å². The topological polar surface area (TPSA) is 79.5 Å². The summed E-state index contributed by atoms with van der Waals surface area (Å²) in [6.45, 7) is 4.44. The molecule has 1 aromatic heterocycles. The van der Waals surface area contributed by atoms with Crippen molar-refractivity contribution in [2.75, 3.05) is 18.5 Å². The molecule has 1 aromatic carbocycles. The molecule has 0 radical (unpaired) electrons. The third-order valence-electron chi connectivity index (χ3n) is 4.33. The molecule has 3 N–H and O–H groups in total. The number of para-hydroxylation sites is 1. The van der Waals surface area contributed by atoms with Gasteiger partial charge in [-0.05, 0) is 36.4 Å². The monoisotopic (exact) mass is 385 g/mol. The van der Waals surface area contributed by atoms with Crippen LogP contribution in [0.3, 0.4) is 0 Å². The van der Waals surface area contributed by atoms with Gasteiger partial charge in [0.2, 0.25) is 0 Å². The van der Waals surface area contributed by atoms with Gasteiger partial charge in [-0.1, -0.05) is 31.2 Å². The Labute approximate surface area is 162 Å². The molecule has 142 valence electrons. The smallest absolute Gasteiger partial charge is 0.338 e. The van der Waals surface area contributed by atoms with E-state index in [0.29, 0.717) is 17.8 Å². The highest BCUT2D eigenvalue weighted by Gasteiger charge is 2.34. The van der Waals surface area contributed by atoms with Gasteiger partial charge >= 0.3 is 12.0 Å². The minimum absolute atomic E-state index is 0.271. The molecule has 0 fully saturated rings. The molecule has 0 bridgehead atoms. The number of rotatable bonds is 7. The lowest BCUT2D eigenvalue weighted by atomic mass is 10.0. The molecule has 1 aliphatic heterocycles. The number of esters is 1. The molecule has 0 saturated heterocycles. The molecule has 1 atom stereocenters. The summed E-state index contributed by atoms with van der Waals surface area (Å²) in [5.74, 6) is -0.427. The average molecular weight is 385 g/mol. The van der Waals surface area contributed by atoms with E-state index in [1.807, 2.05) is 35.7 Å². The molecular formula is C20H23N3O3S. The molecule has 7 heteroatoms. The fourth-order valence-electron chi connectivity index (χ4n) is 3.06. The van der Waals surface area contributed by atoms with Crippen LogP contribution in [0.4, 0.5) is 10.5 Å². The molecule has 3 rings (SSSR count). The van der Waals surface area contributed by atoms with Gasteiger partial charge in [-0.15, -0.1) is 11.3 Å². The fourth-order valence-corrected chi connectivity index (χ4v) is 3.85. The molecule has 0 aliphatic carbocycles. The number of hydrogen-bond donors (Lipinski definition) is 3. The van der Waals surface area contributed by atoms with E-state index >= 15 is 0 Å². The van der Waals surface area contributed by atoms with Crippen molar-refractivity contribution >= 4 is 29.0 Å². The van der Waals surface area contributed by atoms with Crippen molar-refractivity contribution in [1.82, 2.24) is 10.6 Å². The Hall–Kier alpha value is -2.80. The summed E-state index contributed by atoms with van der Waals surface area (Å²) < 4.78 is 5.26. The highest BCUT2D eigenvalue weighted by Crippen LogP contribution is 2.31. The molecule has 2 heterocycles. The maximum atomic E-state index is 12.7. The van der Waals surface area contributed by atoms with E-state index in [1.54, 1.807) is 6.92 Å². The predicted molar refractivity (Wildman–Crippen MR) is 107 cm³/mol. The van der Waals surface area contributed by atoms with Crippen LogP contribution in [0.1, 0.15) is 30.3 Å². The number of aryl methyl sites for hydroxylation is 1. The van der Waals surface area contributed by atoms with Gasteiger partial charge in [-0.3, -0.25) is 0 Å². The van der Waals surface area contributed by atoms with Crippen LogP contribution < -0.4 is 16.0 Å². The molecule has 0 saturated carbocycles. The summed E-state index contributed by atoms with van der Waals surface area (Å²) in [6.07, 6.45) is 0.888. The molecule has 27 heavy (non-hydrogen) atoms. The zero-order valence-corrected chi connectivity index (χ0v) is 16.2. The Morgan fingerprint density at radius 1 is 1.22 bits per heavy atom. The van der Waals surface area contributed by atoms with Gasteiger partial charge in [0.15, 0.2) is 0 Å². The first kappa shape index (κ1) is 19.0. The summed E-state index contributed by atoms with van der Waals surface area (Å²) in [5.41, 5.74) is 3.11. The van der Waals surface area contributed by atoms with Crippen LogP contribution in [0.25, 0.3) is 0 Å². The molecule has 1 aliphatic rings. The molecule has 6 nitrogen and oxygen atoms in total. The Morgan fingerprint density at radius 2 is 2.04 bits per heavy atom. The number of carbonyl (C=O) groups is 2. The number of thiophene rings is 1. The fraction of sp³-hybridized carbons (Fsp3) is 0.300. The third-order valence-corrected chi connectivity index (χ3v) is 5.27. The Kier molecular flexibility index (Phi) is 6.13. The largest absolute Gasteiger partial charge is 0.463 e. The maximum absolute atomic E-state index is 12.7. The number of ether oxygens (including phenoxy) is 1. The van der Waals surface area contributed by atoms with Crippen molar-refractivity contribution in [3.63, 3.8) is 0 Å². The summed E-state index contributed by atoms with van der Waals surface area (Å²) in [4.78, 5) is 25.8. The molecule has 2 amide bonds. The van der Waals surface area contributed by atoms with Gasteiger partial charge in [0, 0.05) is 10.6 Å². The Bertz CT molecular complexity index is 846. The van der Waals surface area contributed by atoms with Crippen LogP contribution in [-0.2, 0) is 16.0 Å². The number of nitrogens with one attached hydrogen (secondary N) is 3. The van der Waals surface area contributed by atoms with E-state index in [4.69, 9.17) is 4.74 Å². The summed E-state index contributed by atoms with van der Waals surface area (Å²) in [7, 11) is 0. The van der Waals surface area contributed by atoms with E-state index in [-0.39, 0.29) is 12.6 Å². The zero-order valence-electron chi connectivity index (χ0n) is 15.4. The van der Waals surface area contributed by atoms with Gasteiger partial charge in [0.25, 0.3) is 0 Å². The standard InChI is InChI=1S/C20H23N3O3S/c1-3-13-8-5-6-9-14(13)21-12-15-17(19(24)26-4-2)18(23-20(25)22-15)16-10-7-11-27-16/h5-11,18,21H,3-4,12H2,1-2H3,(H2,22,23,25)/t18-/m1/s1. The Morgan fingerprint density at radius 3 is 2.74 bits per heavy atom. The molecule has 2 aromatic rings. The van der Waals surface area contributed by atoms with Crippen molar-refractivity contribution in [2.45, 2.75) is 26.3 Å². The summed E-state index contributed by atoms with van der Waals surface area (Å²) in [6, 6.07) is 10.9. The van der Waals surface area contributed by atoms with Gasteiger partial charge in [-0.25, -0.2) is 9.59 Å². The first-order valence-electron chi connectivity index (χ1n) is 8.96. The highest BCUT2D eigenvalue weighted by atomic mass is 32.1. The van der Waals surface area contributed by atoms with E-state index < -0.39 is 12.0 Å². The summed E-state index contributed by atoms with van der Waals surface area (Å²) in [5, 5.41) is 10.9. The first-order valence-corrected chi connectivity index (χ1v) is 9.84. The van der Waals surface area contributed by atoms with Crippen molar-refractivity contribution in [3.8, 4) is 0 Å². The Balaban J connectivity index is 1.94. The van der Waals surface area contributed by atoms with Crippen molar-refractivity contribution < 1.29 is 14.3 Å². The van der Waals surface area contributed by atoms with Crippen LogP contribution in [-0.4, -0.2) is 25.2 Å². The number of benzene rings is 1. The lowest BCUT2D eigenvalue weighted by Crippen LogP contribution is -2.47. The minimum atomic E-state index is -0.518. The first-order chi connectivity index (χ1) is 13.1. The lowest BCUT2D eigenvalue weighted by molar-refractivity contribution is -0.139. The third kappa shape index (κ3) is 4.31. The maximum Gasteiger partial charge on any atom is 0.338 e. The number of carbonyl (C=O) groups excluding carboxylic acids is 2. The molecule has 0 unspecified atom stereocenters. The SMILES string of the molecule is CCOC(=O)C1=C(CNc2ccccc2CC)NC(=O)N[C@@H]1c1cccs1. The van der Waals surface area contributed by atoms with Crippen molar-refractivity contribution in [1.29, 1.82) is 0 Å². The van der Waals surface area contributed by atoms with Crippen LogP contribution in [0.15, 0.2) is 53.0 Å².